The van der Waals surface area contributed by atoms with Crippen LogP contribution in [0, 0.1) is 0 Å². The second kappa shape index (κ2) is 14.8. The van der Waals surface area contributed by atoms with Crippen LogP contribution in [-0.2, 0) is 5.41 Å². The Kier molecular flexibility index (Phi) is 8.62. The summed E-state index contributed by atoms with van der Waals surface area (Å²) in [5.74, 6) is 0.703. The first-order chi connectivity index (χ1) is 30.7. The standard InChI is InChI=1S/C59H38N2S/c1-4-16-41(17-5-1)58-60-53(40-32-30-39(31-33-40)47-26-15-29-56-57(47)49-25-11-13-28-55(49)62-56)38-54(61-58)44-19-14-18-42(36-44)43-34-35-52-50(37-43)48-24-10-12-27-51(48)59(52,45-20-6-2-7-21-45)46-22-8-3-9-23-46/h1-38H. The molecule has 0 unspecified atom stereocenters. The summed E-state index contributed by atoms with van der Waals surface area (Å²) in [6.07, 6.45) is 0. The number of fused-ring (bicyclic) bond motifs is 6. The summed E-state index contributed by atoms with van der Waals surface area (Å²) in [4.78, 5) is 10.4. The van der Waals surface area contributed by atoms with Gasteiger partial charge in [-0.05, 0) is 86.0 Å². The Bertz CT molecular complexity index is 3400. The molecule has 0 aliphatic heterocycles. The molecule has 3 heteroatoms. The molecule has 2 heterocycles. The third-order valence-corrected chi connectivity index (χ3v) is 13.7. The lowest BCUT2D eigenvalue weighted by molar-refractivity contribution is 0.768. The minimum atomic E-state index is -0.427. The van der Waals surface area contributed by atoms with Crippen molar-refractivity contribution in [3.05, 3.63) is 253 Å². The van der Waals surface area contributed by atoms with Crippen LogP contribution in [0.5, 0.6) is 0 Å². The van der Waals surface area contributed by atoms with Crippen molar-refractivity contribution in [1.29, 1.82) is 0 Å². The number of benzene rings is 9. The molecule has 2 nitrogen and oxygen atoms in total. The Hall–Kier alpha value is -7.72. The lowest BCUT2D eigenvalue weighted by Crippen LogP contribution is -2.28. The van der Waals surface area contributed by atoms with Crippen molar-refractivity contribution >= 4 is 31.5 Å². The molecule has 290 valence electrons. The van der Waals surface area contributed by atoms with Crippen LogP contribution in [0.25, 0.3) is 87.5 Å². The molecule has 0 fully saturated rings. The number of hydrogen-bond acceptors (Lipinski definition) is 3. The van der Waals surface area contributed by atoms with Crippen LogP contribution in [0.2, 0.25) is 0 Å². The minimum Gasteiger partial charge on any atom is -0.228 e. The van der Waals surface area contributed by atoms with E-state index in [0.717, 1.165) is 33.6 Å². The van der Waals surface area contributed by atoms with Crippen LogP contribution in [0.4, 0.5) is 0 Å². The van der Waals surface area contributed by atoms with E-state index in [1.54, 1.807) is 0 Å². The van der Waals surface area contributed by atoms with Gasteiger partial charge < -0.3 is 0 Å². The lowest BCUT2D eigenvalue weighted by Gasteiger charge is -2.33. The molecule has 0 saturated heterocycles. The fourth-order valence-corrected chi connectivity index (χ4v) is 10.9. The van der Waals surface area contributed by atoms with Gasteiger partial charge in [-0.15, -0.1) is 11.3 Å². The van der Waals surface area contributed by atoms with E-state index in [0.29, 0.717) is 5.82 Å². The van der Waals surface area contributed by atoms with Crippen LogP contribution in [0.1, 0.15) is 22.3 Å². The second-order valence-corrected chi connectivity index (χ2v) is 17.1. The van der Waals surface area contributed by atoms with Crippen LogP contribution in [0.15, 0.2) is 231 Å². The highest BCUT2D eigenvalue weighted by molar-refractivity contribution is 7.25. The van der Waals surface area contributed by atoms with Gasteiger partial charge in [0.25, 0.3) is 0 Å². The highest BCUT2D eigenvalue weighted by atomic mass is 32.1. The van der Waals surface area contributed by atoms with Crippen molar-refractivity contribution in [2.24, 2.45) is 0 Å². The van der Waals surface area contributed by atoms with E-state index in [2.05, 4.69) is 212 Å². The van der Waals surface area contributed by atoms with Crippen LogP contribution in [0.3, 0.4) is 0 Å². The lowest BCUT2D eigenvalue weighted by atomic mass is 9.67. The molecule has 0 amide bonds. The van der Waals surface area contributed by atoms with Gasteiger partial charge in [-0.3, -0.25) is 0 Å². The van der Waals surface area contributed by atoms with E-state index >= 15 is 0 Å². The second-order valence-electron chi connectivity index (χ2n) is 16.1. The first-order valence-electron chi connectivity index (χ1n) is 21.1. The van der Waals surface area contributed by atoms with Crippen molar-refractivity contribution in [3.8, 4) is 67.3 Å². The molecule has 0 N–H and O–H groups in total. The Balaban J connectivity index is 0.958. The zero-order chi connectivity index (χ0) is 41.0. The SMILES string of the molecule is c1ccc(-c2nc(-c3ccc(-c4cccc5sc6ccccc6c45)cc3)cc(-c3cccc(-c4ccc5c(c4)-c4ccccc4C5(c4ccccc4)c4ccccc4)c3)n2)cc1. The van der Waals surface area contributed by atoms with Crippen molar-refractivity contribution < 1.29 is 0 Å². The van der Waals surface area contributed by atoms with Gasteiger partial charge in [-0.25, -0.2) is 9.97 Å². The summed E-state index contributed by atoms with van der Waals surface area (Å²) in [6, 6.07) is 83.4. The summed E-state index contributed by atoms with van der Waals surface area (Å²) in [7, 11) is 0. The molecule has 62 heavy (non-hydrogen) atoms. The predicted octanol–water partition coefficient (Wildman–Crippen LogP) is 15.5. The van der Waals surface area contributed by atoms with Crippen molar-refractivity contribution in [1.82, 2.24) is 9.97 Å². The van der Waals surface area contributed by atoms with Gasteiger partial charge in [-0.2, -0.15) is 0 Å². The van der Waals surface area contributed by atoms with E-state index in [4.69, 9.17) is 9.97 Å². The fourth-order valence-electron chi connectivity index (χ4n) is 9.78. The first kappa shape index (κ1) is 36.2. The Labute approximate surface area is 365 Å². The molecule has 1 aliphatic rings. The predicted molar refractivity (Wildman–Crippen MR) is 259 cm³/mol. The van der Waals surface area contributed by atoms with Gasteiger partial charge in [0.15, 0.2) is 5.82 Å². The number of nitrogens with zero attached hydrogens (tertiary/aromatic N) is 2. The number of thiophene rings is 1. The first-order valence-corrected chi connectivity index (χ1v) is 22.0. The zero-order valence-electron chi connectivity index (χ0n) is 33.7. The zero-order valence-corrected chi connectivity index (χ0v) is 34.6. The molecule has 0 saturated carbocycles. The van der Waals surface area contributed by atoms with Crippen molar-refractivity contribution in [2.45, 2.75) is 5.41 Å². The molecule has 2 aromatic heterocycles. The maximum Gasteiger partial charge on any atom is 0.160 e. The summed E-state index contributed by atoms with van der Waals surface area (Å²) in [5.41, 5.74) is 16.8. The maximum absolute atomic E-state index is 5.22. The van der Waals surface area contributed by atoms with E-state index in [9.17, 15) is 0 Å². The normalized spacial score (nSPS) is 12.6. The molecule has 11 aromatic rings. The number of rotatable bonds is 7. The van der Waals surface area contributed by atoms with Gasteiger partial charge >= 0.3 is 0 Å². The maximum atomic E-state index is 5.22. The topological polar surface area (TPSA) is 25.8 Å². The Morgan fingerprint density at radius 2 is 0.855 bits per heavy atom. The summed E-state index contributed by atoms with van der Waals surface area (Å²) < 4.78 is 2.62. The third-order valence-electron chi connectivity index (χ3n) is 12.6. The van der Waals surface area contributed by atoms with E-state index in [1.165, 1.54) is 70.2 Å². The quantitative estimate of drug-likeness (QED) is 0.160. The molecule has 0 bridgehead atoms. The fraction of sp³-hybridized carbons (Fsp3) is 0.0169. The van der Waals surface area contributed by atoms with Gasteiger partial charge in [0.05, 0.1) is 16.8 Å². The van der Waals surface area contributed by atoms with Crippen LogP contribution < -0.4 is 0 Å². The van der Waals surface area contributed by atoms with Crippen molar-refractivity contribution in [2.75, 3.05) is 0 Å². The minimum absolute atomic E-state index is 0.427. The monoisotopic (exact) mass is 806 g/mol. The molecule has 12 rings (SSSR count). The van der Waals surface area contributed by atoms with Gasteiger partial charge in [0.2, 0.25) is 0 Å². The van der Waals surface area contributed by atoms with Gasteiger partial charge in [0.1, 0.15) is 0 Å². The van der Waals surface area contributed by atoms with Gasteiger partial charge in [0, 0.05) is 36.9 Å². The largest absolute Gasteiger partial charge is 0.228 e. The molecule has 9 aromatic carbocycles. The highest BCUT2D eigenvalue weighted by Gasteiger charge is 2.45. The van der Waals surface area contributed by atoms with E-state index < -0.39 is 5.41 Å². The molecular weight excluding hydrogens is 769 g/mol. The molecule has 0 radical (unpaired) electrons. The van der Waals surface area contributed by atoms with Gasteiger partial charge in [-0.1, -0.05) is 200 Å². The molecule has 0 spiro atoms. The molecular formula is C59H38N2S. The number of aromatic nitrogens is 2. The Morgan fingerprint density at radius 1 is 0.323 bits per heavy atom. The Morgan fingerprint density at radius 3 is 1.63 bits per heavy atom. The molecule has 1 aliphatic carbocycles. The summed E-state index contributed by atoms with van der Waals surface area (Å²) >= 11 is 1.85. The van der Waals surface area contributed by atoms with E-state index in [-0.39, 0.29) is 0 Å². The molecule has 0 atom stereocenters. The van der Waals surface area contributed by atoms with Crippen LogP contribution in [-0.4, -0.2) is 9.97 Å². The average molecular weight is 807 g/mol. The van der Waals surface area contributed by atoms with Crippen molar-refractivity contribution in [3.63, 3.8) is 0 Å². The smallest absolute Gasteiger partial charge is 0.160 e. The summed E-state index contributed by atoms with van der Waals surface area (Å²) in [5, 5.41) is 2.62. The highest BCUT2D eigenvalue weighted by Crippen LogP contribution is 2.56. The number of hydrogen-bond donors (Lipinski definition) is 0. The third kappa shape index (κ3) is 5.85. The van der Waals surface area contributed by atoms with Crippen LogP contribution >= 0.6 is 11.3 Å². The average Bonchev–Trinajstić information content (AvgIpc) is 3.89. The summed E-state index contributed by atoms with van der Waals surface area (Å²) in [6.45, 7) is 0. The van der Waals surface area contributed by atoms with E-state index in [1.807, 2.05) is 29.5 Å².